The van der Waals surface area contributed by atoms with Gasteiger partial charge in [0.05, 0.1) is 11.6 Å². The third-order valence-electron chi connectivity index (χ3n) is 5.77. The number of aryl methyl sites for hydroxylation is 1. The van der Waals surface area contributed by atoms with Crippen molar-refractivity contribution in [1.82, 2.24) is 9.47 Å². The van der Waals surface area contributed by atoms with E-state index in [1.54, 1.807) is 24.3 Å². The van der Waals surface area contributed by atoms with Gasteiger partial charge in [-0.15, -0.1) is 0 Å². The van der Waals surface area contributed by atoms with Crippen molar-refractivity contribution in [3.8, 4) is 6.07 Å². The first-order valence-corrected chi connectivity index (χ1v) is 10.1. The molecule has 3 aromatic rings. The lowest BCUT2D eigenvalue weighted by Gasteiger charge is -2.32. The number of hydrogen-bond donors (Lipinski definition) is 0. The number of likely N-dealkylation sites (tertiary alicyclic amines) is 1. The molecule has 1 aliphatic heterocycles. The molecule has 1 fully saturated rings. The number of nitrogens with zero attached hydrogens (tertiary/aromatic N) is 3. The summed E-state index contributed by atoms with van der Waals surface area (Å²) in [7, 11) is 0. The zero-order valence-electron chi connectivity index (χ0n) is 16.3. The van der Waals surface area contributed by atoms with Gasteiger partial charge >= 0.3 is 0 Å². The van der Waals surface area contributed by atoms with Gasteiger partial charge < -0.3 is 9.47 Å². The molecule has 28 heavy (non-hydrogen) atoms. The molecule has 0 atom stereocenters. The number of amides is 1. The number of hydrogen-bond acceptors (Lipinski definition) is 2. The van der Waals surface area contributed by atoms with Gasteiger partial charge in [-0.05, 0) is 61.1 Å². The zero-order chi connectivity index (χ0) is 19.5. The van der Waals surface area contributed by atoms with Crippen LogP contribution < -0.4 is 0 Å². The Morgan fingerprint density at radius 2 is 1.82 bits per heavy atom. The number of rotatable bonds is 4. The second kappa shape index (κ2) is 7.90. The van der Waals surface area contributed by atoms with Crippen molar-refractivity contribution >= 4 is 16.8 Å². The number of piperidine rings is 1. The Morgan fingerprint density at radius 1 is 1.11 bits per heavy atom. The highest BCUT2D eigenvalue weighted by molar-refractivity contribution is 5.94. The van der Waals surface area contributed by atoms with E-state index in [4.69, 9.17) is 5.26 Å². The molecule has 4 nitrogen and oxygen atoms in total. The third kappa shape index (κ3) is 3.41. The highest BCUT2D eigenvalue weighted by atomic mass is 16.2. The summed E-state index contributed by atoms with van der Waals surface area (Å²) < 4.78 is 2.37. The Morgan fingerprint density at radius 3 is 2.50 bits per heavy atom. The van der Waals surface area contributed by atoms with E-state index in [-0.39, 0.29) is 5.91 Å². The summed E-state index contributed by atoms with van der Waals surface area (Å²) in [4.78, 5) is 14.7. The summed E-state index contributed by atoms with van der Waals surface area (Å²) >= 11 is 0. The fraction of sp³-hybridized carbons (Fsp3) is 0.333. The van der Waals surface area contributed by atoms with E-state index in [0.717, 1.165) is 38.9 Å². The fourth-order valence-corrected chi connectivity index (χ4v) is 4.29. The molecule has 0 saturated carbocycles. The van der Waals surface area contributed by atoms with Crippen LogP contribution in [-0.2, 0) is 6.54 Å². The van der Waals surface area contributed by atoms with Gasteiger partial charge in [-0.25, -0.2) is 0 Å². The van der Waals surface area contributed by atoms with Crippen molar-refractivity contribution in [3.05, 3.63) is 71.4 Å². The highest BCUT2D eigenvalue weighted by Crippen LogP contribution is 2.35. The van der Waals surface area contributed by atoms with Crippen LogP contribution in [0, 0.1) is 11.3 Å². The Balaban J connectivity index is 1.49. The maximum absolute atomic E-state index is 12.8. The molecule has 1 saturated heterocycles. The van der Waals surface area contributed by atoms with E-state index in [0.29, 0.717) is 17.0 Å². The van der Waals surface area contributed by atoms with Crippen LogP contribution in [0.3, 0.4) is 0 Å². The quantitative estimate of drug-likeness (QED) is 0.652. The van der Waals surface area contributed by atoms with Gasteiger partial charge in [0.15, 0.2) is 0 Å². The van der Waals surface area contributed by atoms with Crippen LogP contribution in [0.15, 0.2) is 54.7 Å². The Bertz CT molecular complexity index is 1020. The standard InChI is InChI=1S/C24H25N3O/c1-2-13-27-17-22(21-5-3-4-6-23(21)27)19-11-14-26(15-12-19)24(28)20-9-7-18(16-25)8-10-20/h3-10,17,19H,2,11-15H2,1H3. The lowest BCUT2D eigenvalue weighted by atomic mass is 9.89. The summed E-state index contributed by atoms with van der Waals surface area (Å²) in [5.41, 5.74) is 3.99. The number of para-hydroxylation sites is 1. The van der Waals surface area contributed by atoms with E-state index in [9.17, 15) is 4.79 Å². The van der Waals surface area contributed by atoms with E-state index >= 15 is 0 Å². The molecule has 1 aliphatic rings. The minimum absolute atomic E-state index is 0.0661. The topological polar surface area (TPSA) is 49.0 Å². The summed E-state index contributed by atoms with van der Waals surface area (Å²) in [6.07, 6.45) is 5.43. The van der Waals surface area contributed by atoms with E-state index in [2.05, 4.69) is 48.0 Å². The van der Waals surface area contributed by atoms with Crippen LogP contribution in [0.2, 0.25) is 0 Å². The molecular formula is C24H25N3O. The molecule has 0 aliphatic carbocycles. The van der Waals surface area contributed by atoms with Gasteiger partial charge in [-0.3, -0.25) is 4.79 Å². The molecule has 2 heterocycles. The van der Waals surface area contributed by atoms with Crippen molar-refractivity contribution < 1.29 is 4.79 Å². The molecule has 0 radical (unpaired) electrons. The molecule has 0 bridgehead atoms. The molecule has 2 aromatic carbocycles. The largest absolute Gasteiger partial charge is 0.347 e. The number of carbonyl (C=O) groups is 1. The first kappa shape index (κ1) is 18.3. The Kier molecular flexibility index (Phi) is 5.16. The van der Waals surface area contributed by atoms with Crippen LogP contribution >= 0.6 is 0 Å². The Hall–Kier alpha value is -3.06. The van der Waals surface area contributed by atoms with E-state index < -0.39 is 0 Å². The molecule has 0 spiro atoms. The summed E-state index contributed by atoms with van der Waals surface area (Å²) in [6.45, 7) is 4.80. The highest BCUT2D eigenvalue weighted by Gasteiger charge is 2.26. The molecule has 1 aromatic heterocycles. The minimum Gasteiger partial charge on any atom is -0.347 e. The van der Waals surface area contributed by atoms with Crippen molar-refractivity contribution in [2.75, 3.05) is 13.1 Å². The fourth-order valence-electron chi connectivity index (χ4n) is 4.29. The first-order chi connectivity index (χ1) is 13.7. The van der Waals surface area contributed by atoms with Gasteiger partial charge in [-0.2, -0.15) is 5.26 Å². The van der Waals surface area contributed by atoms with Gasteiger partial charge in [0.25, 0.3) is 5.91 Å². The predicted molar refractivity (Wildman–Crippen MR) is 111 cm³/mol. The van der Waals surface area contributed by atoms with Crippen LogP contribution in [0.25, 0.3) is 10.9 Å². The monoisotopic (exact) mass is 371 g/mol. The molecular weight excluding hydrogens is 346 g/mol. The average Bonchev–Trinajstić information content (AvgIpc) is 3.12. The lowest BCUT2D eigenvalue weighted by Crippen LogP contribution is -2.37. The van der Waals surface area contributed by atoms with Crippen LogP contribution in [0.5, 0.6) is 0 Å². The Labute approximate surface area is 166 Å². The molecule has 4 rings (SSSR count). The smallest absolute Gasteiger partial charge is 0.253 e. The van der Waals surface area contributed by atoms with Crippen LogP contribution in [-0.4, -0.2) is 28.5 Å². The van der Waals surface area contributed by atoms with Crippen molar-refractivity contribution in [1.29, 1.82) is 5.26 Å². The normalized spacial score (nSPS) is 14.9. The molecule has 0 unspecified atom stereocenters. The van der Waals surface area contributed by atoms with E-state index in [1.807, 2.05) is 4.90 Å². The maximum Gasteiger partial charge on any atom is 0.253 e. The number of aromatic nitrogens is 1. The van der Waals surface area contributed by atoms with Crippen molar-refractivity contribution in [2.45, 2.75) is 38.6 Å². The molecule has 4 heteroatoms. The number of carbonyl (C=O) groups excluding carboxylic acids is 1. The van der Waals surface area contributed by atoms with Crippen molar-refractivity contribution in [2.24, 2.45) is 0 Å². The van der Waals surface area contributed by atoms with Gasteiger partial charge in [0, 0.05) is 42.3 Å². The van der Waals surface area contributed by atoms with Gasteiger partial charge in [0.2, 0.25) is 0 Å². The molecule has 1 amide bonds. The summed E-state index contributed by atoms with van der Waals surface area (Å²) in [6, 6.07) is 17.7. The van der Waals surface area contributed by atoms with Crippen molar-refractivity contribution in [3.63, 3.8) is 0 Å². The maximum atomic E-state index is 12.8. The SMILES string of the molecule is CCCn1cc(C2CCN(C(=O)c3ccc(C#N)cc3)CC2)c2ccccc21. The van der Waals surface area contributed by atoms with E-state index in [1.165, 1.54) is 16.5 Å². The van der Waals surface area contributed by atoms with Crippen LogP contribution in [0.1, 0.15) is 53.6 Å². The average molecular weight is 371 g/mol. The summed E-state index contributed by atoms with van der Waals surface area (Å²) in [5.74, 6) is 0.560. The number of fused-ring (bicyclic) bond motifs is 1. The van der Waals surface area contributed by atoms with Crippen LogP contribution in [0.4, 0.5) is 0 Å². The number of benzene rings is 2. The number of nitriles is 1. The second-order valence-electron chi connectivity index (χ2n) is 7.55. The van der Waals surface area contributed by atoms with Gasteiger partial charge in [-0.1, -0.05) is 25.1 Å². The zero-order valence-corrected chi connectivity index (χ0v) is 16.3. The molecule has 0 N–H and O–H groups in total. The lowest BCUT2D eigenvalue weighted by molar-refractivity contribution is 0.0713. The third-order valence-corrected chi connectivity index (χ3v) is 5.77. The summed E-state index contributed by atoms with van der Waals surface area (Å²) in [5, 5.41) is 10.3. The second-order valence-corrected chi connectivity index (χ2v) is 7.55. The van der Waals surface area contributed by atoms with Gasteiger partial charge in [0.1, 0.15) is 0 Å². The minimum atomic E-state index is 0.0661. The first-order valence-electron chi connectivity index (χ1n) is 10.1. The predicted octanol–water partition coefficient (Wildman–Crippen LogP) is 4.94. The molecule has 142 valence electrons.